The Kier molecular flexibility index (Phi) is 5.05. The van der Waals surface area contributed by atoms with Crippen molar-refractivity contribution in [3.05, 3.63) is 22.3 Å². The first-order valence-corrected chi connectivity index (χ1v) is 5.70. The maximum atomic E-state index is 11.7. The Morgan fingerprint density at radius 1 is 1.67 bits per heavy atom. The molecule has 0 radical (unpaired) electrons. The first-order valence-electron chi connectivity index (χ1n) is 4.90. The quantitative estimate of drug-likeness (QED) is 0.656. The number of carbonyl (C=O) groups is 2. The highest BCUT2D eigenvalue weighted by Crippen LogP contribution is 2.16. The fraction of sp³-hybridized carbons (Fsp3) is 0.300. The van der Waals surface area contributed by atoms with Crippen LogP contribution in [0.2, 0.25) is 0 Å². The monoisotopic (exact) mass is 317 g/mol. The van der Waals surface area contributed by atoms with Gasteiger partial charge in [-0.15, -0.1) is 0 Å². The number of nitrogens with zero attached hydrogens (tertiary/aromatic N) is 1. The molecule has 0 aliphatic rings. The van der Waals surface area contributed by atoms with Crippen LogP contribution in [0.1, 0.15) is 10.4 Å². The molecule has 0 aromatic carbocycles. The zero-order valence-corrected chi connectivity index (χ0v) is 11.1. The third-order valence-corrected chi connectivity index (χ3v) is 2.68. The van der Waals surface area contributed by atoms with E-state index >= 15 is 0 Å². The summed E-state index contributed by atoms with van der Waals surface area (Å²) in [5, 5.41) is 11.7. The second-order valence-corrected chi connectivity index (χ2v) is 4.19. The molecule has 1 atom stereocenters. The molecule has 1 aromatic rings. The largest absolute Gasteiger partial charge is 0.467 e. The number of carbonyl (C=O) groups excluding carboxylic acids is 2. The van der Waals surface area contributed by atoms with E-state index in [0.29, 0.717) is 4.47 Å². The number of esters is 1. The summed E-state index contributed by atoms with van der Waals surface area (Å²) in [6.07, 6.45) is -0.0158. The van der Waals surface area contributed by atoms with Crippen LogP contribution in [0.5, 0.6) is 0 Å². The molecular formula is C10H12BrN3O4. The molecule has 1 heterocycles. The molecule has 1 rings (SSSR count). The maximum absolute atomic E-state index is 11.7. The van der Waals surface area contributed by atoms with Crippen molar-refractivity contribution in [2.24, 2.45) is 0 Å². The van der Waals surface area contributed by atoms with Gasteiger partial charge >= 0.3 is 5.97 Å². The molecule has 7 nitrogen and oxygen atoms in total. The highest BCUT2D eigenvalue weighted by atomic mass is 79.9. The van der Waals surface area contributed by atoms with E-state index in [2.05, 4.69) is 31.0 Å². The number of aliphatic hydroxyl groups is 1. The first-order chi connectivity index (χ1) is 8.45. The normalized spacial score (nSPS) is 11.7. The molecule has 0 saturated heterocycles. The number of anilines is 1. The molecule has 0 bridgehead atoms. The second-order valence-electron chi connectivity index (χ2n) is 3.34. The van der Waals surface area contributed by atoms with Gasteiger partial charge in [0.25, 0.3) is 5.91 Å². The number of hydrogen-bond donors (Lipinski definition) is 3. The van der Waals surface area contributed by atoms with E-state index in [1.165, 1.54) is 12.3 Å². The third-order valence-electron chi connectivity index (χ3n) is 2.05. The fourth-order valence-corrected chi connectivity index (χ4v) is 1.53. The van der Waals surface area contributed by atoms with Crippen LogP contribution in [-0.2, 0) is 9.53 Å². The zero-order valence-electron chi connectivity index (χ0n) is 9.51. The van der Waals surface area contributed by atoms with Crippen molar-refractivity contribution in [2.75, 3.05) is 19.4 Å². The Morgan fingerprint density at radius 2 is 2.33 bits per heavy atom. The lowest BCUT2D eigenvalue weighted by molar-refractivity contribution is -0.149. The SMILES string of the molecule is COC(=O)C(O)CNC(=O)c1cc(N)ncc1Br. The average Bonchev–Trinajstić information content (AvgIpc) is 2.37. The minimum atomic E-state index is -1.41. The van der Waals surface area contributed by atoms with Crippen LogP contribution in [0.15, 0.2) is 16.7 Å². The van der Waals surface area contributed by atoms with E-state index in [1.54, 1.807) is 0 Å². The molecule has 0 fully saturated rings. The van der Waals surface area contributed by atoms with Crippen LogP contribution >= 0.6 is 15.9 Å². The smallest absolute Gasteiger partial charge is 0.336 e. The minimum absolute atomic E-state index is 0.192. The van der Waals surface area contributed by atoms with Crippen molar-refractivity contribution < 1.29 is 19.4 Å². The number of nitrogen functional groups attached to an aromatic ring is 1. The number of aromatic nitrogens is 1. The van der Waals surface area contributed by atoms with Gasteiger partial charge in [0.15, 0.2) is 6.10 Å². The van der Waals surface area contributed by atoms with E-state index in [-0.39, 0.29) is 17.9 Å². The summed E-state index contributed by atoms with van der Waals surface area (Å²) >= 11 is 3.15. The Morgan fingerprint density at radius 3 is 2.94 bits per heavy atom. The molecule has 8 heteroatoms. The molecule has 0 aliphatic carbocycles. The van der Waals surface area contributed by atoms with Crippen LogP contribution in [0.25, 0.3) is 0 Å². The number of halogens is 1. The fourth-order valence-electron chi connectivity index (χ4n) is 1.13. The standard InChI is InChI=1S/C10H12BrN3O4/c1-18-10(17)7(15)4-14-9(16)5-2-8(12)13-3-6(5)11/h2-3,7,15H,4H2,1H3,(H2,12,13)(H,14,16). The number of nitrogens with one attached hydrogen (secondary N) is 1. The molecule has 1 aromatic heterocycles. The van der Waals surface area contributed by atoms with Gasteiger partial charge in [0.2, 0.25) is 0 Å². The van der Waals surface area contributed by atoms with Crippen molar-refractivity contribution in [1.82, 2.24) is 10.3 Å². The van der Waals surface area contributed by atoms with Crippen LogP contribution in [-0.4, -0.2) is 41.7 Å². The van der Waals surface area contributed by atoms with E-state index in [1.807, 2.05) is 0 Å². The zero-order chi connectivity index (χ0) is 13.7. The first kappa shape index (κ1) is 14.4. The maximum Gasteiger partial charge on any atom is 0.336 e. The molecular weight excluding hydrogens is 306 g/mol. The number of pyridine rings is 1. The summed E-state index contributed by atoms with van der Waals surface area (Å²) in [5.41, 5.74) is 5.72. The van der Waals surface area contributed by atoms with E-state index in [0.717, 1.165) is 7.11 Å². The molecule has 0 aliphatic heterocycles. The third kappa shape index (κ3) is 3.67. The topological polar surface area (TPSA) is 115 Å². The summed E-state index contributed by atoms with van der Waals surface area (Å²) in [7, 11) is 1.15. The highest BCUT2D eigenvalue weighted by molar-refractivity contribution is 9.10. The number of aliphatic hydroxyl groups excluding tert-OH is 1. The number of ether oxygens (including phenoxy) is 1. The van der Waals surface area contributed by atoms with Gasteiger partial charge in [0.05, 0.1) is 19.2 Å². The Labute approximate surface area is 111 Å². The van der Waals surface area contributed by atoms with Gasteiger partial charge in [-0.1, -0.05) is 0 Å². The minimum Gasteiger partial charge on any atom is -0.467 e. The molecule has 1 amide bonds. The molecule has 18 heavy (non-hydrogen) atoms. The van der Waals surface area contributed by atoms with E-state index in [4.69, 9.17) is 5.73 Å². The number of amides is 1. The van der Waals surface area contributed by atoms with Crippen molar-refractivity contribution in [3.63, 3.8) is 0 Å². The van der Waals surface area contributed by atoms with Crippen molar-refractivity contribution >= 4 is 33.6 Å². The second kappa shape index (κ2) is 6.31. The lowest BCUT2D eigenvalue weighted by Gasteiger charge is -2.10. The highest BCUT2D eigenvalue weighted by Gasteiger charge is 2.18. The molecule has 1 unspecified atom stereocenters. The Bertz CT molecular complexity index is 466. The van der Waals surface area contributed by atoms with Crippen molar-refractivity contribution in [2.45, 2.75) is 6.10 Å². The number of methoxy groups -OCH3 is 1. The lowest BCUT2D eigenvalue weighted by atomic mass is 10.2. The Hall–Kier alpha value is -1.67. The van der Waals surface area contributed by atoms with Crippen molar-refractivity contribution in [3.8, 4) is 0 Å². The summed E-state index contributed by atoms with van der Waals surface area (Å²) in [6.45, 7) is -0.250. The summed E-state index contributed by atoms with van der Waals surface area (Å²) < 4.78 is 4.77. The van der Waals surface area contributed by atoms with Gasteiger partial charge in [-0.25, -0.2) is 9.78 Å². The average molecular weight is 318 g/mol. The Balaban J connectivity index is 2.66. The number of hydrogen-bond acceptors (Lipinski definition) is 6. The van der Waals surface area contributed by atoms with Gasteiger partial charge in [0, 0.05) is 10.7 Å². The van der Waals surface area contributed by atoms with Gasteiger partial charge in [-0.05, 0) is 22.0 Å². The van der Waals surface area contributed by atoms with Gasteiger partial charge in [-0.3, -0.25) is 4.79 Å². The van der Waals surface area contributed by atoms with Crippen molar-refractivity contribution in [1.29, 1.82) is 0 Å². The van der Waals surface area contributed by atoms with Crippen LogP contribution < -0.4 is 11.1 Å². The predicted molar refractivity (Wildman–Crippen MR) is 66.7 cm³/mol. The molecule has 98 valence electrons. The summed E-state index contributed by atoms with van der Waals surface area (Å²) in [6, 6.07) is 1.38. The van der Waals surface area contributed by atoms with Crippen LogP contribution in [0, 0.1) is 0 Å². The predicted octanol–water partition coefficient (Wildman–Crippen LogP) is -0.310. The lowest BCUT2D eigenvalue weighted by Crippen LogP contribution is -2.37. The number of nitrogens with two attached hydrogens (primary N) is 1. The number of rotatable bonds is 4. The van der Waals surface area contributed by atoms with Crippen LogP contribution in [0.4, 0.5) is 5.82 Å². The van der Waals surface area contributed by atoms with Gasteiger partial charge in [-0.2, -0.15) is 0 Å². The molecule has 0 saturated carbocycles. The van der Waals surface area contributed by atoms with Gasteiger partial charge in [0.1, 0.15) is 5.82 Å². The van der Waals surface area contributed by atoms with E-state index < -0.39 is 18.0 Å². The molecule has 0 spiro atoms. The summed E-state index contributed by atoms with van der Waals surface area (Å²) in [5.74, 6) is -1.11. The van der Waals surface area contributed by atoms with Gasteiger partial charge < -0.3 is 20.9 Å². The molecule has 4 N–H and O–H groups in total. The van der Waals surface area contributed by atoms with Crippen LogP contribution in [0.3, 0.4) is 0 Å². The van der Waals surface area contributed by atoms with E-state index in [9.17, 15) is 14.7 Å². The summed E-state index contributed by atoms with van der Waals surface area (Å²) in [4.78, 5) is 26.5.